The molecule has 1 atom stereocenters. The topological polar surface area (TPSA) is 101 Å². The van der Waals surface area contributed by atoms with E-state index in [9.17, 15) is 9.59 Å². The molecule has 0 radical (unpaired) electrons. The quantitative estimate of drug-likeness (QED) is 0.529. The second kappa shape index (κ2) is 8.50. The Morgan fingerprint density at radius 3 is 2.90 bits per heavy atom. The Balaban J connectivity index is 1.38. The molecule has 4 rings (SSSR count). The molecule has 30 heavy (non-hydrogen) atoms. The van der Waals surface area contributed by atoms with Gasteiger partial charge < -0.3 is 19.9 Å². The van der Waals surface area contributed by atoms with Gasteiger partial charge in [-0.1, -0.05) is 24.3 Å². The lowest BCUT2D eigenvalue weighted by molar-refractivity contribution is -0.122. The van der Waals surface area contributed by atoms with Gasteiger partial charge in [0.05, 0.1) is 6.54 Å². The van der Waals surface area contributed by atoms with Crippen LogP contribution in [0.5, 0.6) is 5.75 Å². The van der Waals surface area contributed by atoms with E-state index in [2.05, 4.69) is 20.8 Å². The number of carbonyl (C=O) groups excluding carboxylic acids is 2. The van der Waals surface area contributed by atoms with Crippen molar-refractivity contribution < 1.29 is 14.3 Å². The van der Waals surface area contributed by atoms with Crippen LogP contribution in [0.3, 0.4) is 0 Å². The number of anilines is 1. The zero-order valence-corrected chi connectivity index (χ0v) is 17.2. The van der Waals surface area contributed by atoms with Gasteiger partial charge in [0.15, 0.2) is 16.7 Å². The van der Waals surface area contributed by atoms with Crippen LogP contribution in [-0.4, -0.2) is 32.7 Å². The number of aromatic amines is 1. The average molecular weight is 423 g/mol. The lowest BCUT2D eigenvalue weighted by Crippen LogP contribution is -2.31. The molecular formula is C21H21N5O3S. The van der Waals surface area contributed by atoms with Crippen molar-refractivity contribution in [3.63, 3.8) is 0 Å². The number of benzene rings is 2. The van der Waals surface area contributed by atoms with Crippen LogP contribution in [0.4, 0.5) is 5.69 Å². The zero-order chi connectivity index (χ0) is 21.1. The number of carbonyl (C=O) groups is 2. The monoisotopic (exact) mass is 423 g/mol. The minimum Gasteiger partial charge on any atom is -0.480 e. The SMILES string of the molecule is CCn1c(CNC(=O)c2cccc(NC(=O)C3Cc4ccccc4O3)c2)n[nH]c1=S. The number of para-hydroxylation sites is 1. The first-order chi connectivity index (χ1) is 14.5. The summed E-state index contributed by atoms with van der Waals surface area (Å²) >= 11 is 5.15. The number of nitrogens with one attached hydrogen (secondary N) is 3. The van der Waals surface area contributed by atoms with E-state index in [1.807, 2.05) is 35.8 Å². The van der Waals surface area contributed by atoms with Crippen molar-refractivity contribution in [1.82, 2.24) is 20.1 Å². The fraction of sp³-hybridized carbons (Fsp3) is 0.238. The maximum absolute atomic E-state index is 12.6. The summed E-state index contributed by atoms with van der Waals surface area (Å²) in [5.41, 5.74) is 1.97. The minimum atomic E-state index is -0.586. The van der Waals surface area contributed by atoms with E-state index in [0.717, 1.165) is 11.3 Å². The Labute approximate surface area is 178 Å². The summed E-state index contributed by atoms with van der Waals surface area (Å²) in [5, 5.41) is 12.5. The van der Waals surface area contributed by atoms with Crippen molar-refractivity contribution in [3.8, 4) is 5.75 Å². The number of hydrogen-bond acceptors (Lipinski definition) is 5. The van der Waals surface area contributed by atoms with Crippen LogP contribution in [0, 0.1) is 4.77 Å². The van der Waals surface area contributed by atoms with Gasteiger partial charge in [-0.2, -0.15) is 5.10 Å². The molecular weight excluding hydrogens is 402 g/mol. The Kier molecular flexibility index (Phi) is 5.62. The number of aromatic nitrogens is 3. The molecule has 0 spiro atoms. The van der Waals surface area contributed by atoms with E-state index >= 15 is 0 Å². The van der Waals surface area contributed by atoms with E-state index < -0.39 is 6.10 Å². The number of ether oxygens (including phenoxy) is 1. The molecule has 0 aliphatic carbocycles. The molecule has 0 saturated carbocycles. The number of nitrogens with zero attached hydrogens (tertiary/aromatic N) is 2. The number of hydrogen-bond donors (Lipinski definition) is 3. The van der Waals surface area contributed by atoms with Gasteiger partial charge in [-0.15, -0.1) is 0 Å². The molecule has 2 amide bonds. The normalized spacial score (nSPS) is 14.6. The highest BCUT2D eigenvalue weighted by Crippen LogP contribution is 2.28. The molecule has 154 valence electrons. The summed E-state index contributed by atoms with van der Waals surface area (Å²) in [4.78, 5) is 25.1. The fourth-order valence-corrected chi connectivity index (χ4v) is 3.64. The number of H-pyrrole nitrogens is 1. The standard InChI is InChI=1S/C21H21N5O3S/c1-2-26-18(24-25-21(26)30)12-22-19(27)14-7-5-8-15(10-14)23-20(28)17-11-13-6-3-4-9-16(13)29-17/h3-10,17H,2,11-12H2,1H3,(H,22,27)(H,23,28)(H,25,30). The van der Waals surface area contributed by atoms with E-state index in [-0.39, 0.29) is 18.4 Å². The molecule has 1 unspecified atom stereocenters. The predicted molar refractivity (Wildman–Crippen MR) is 114 cm³/mol. The minimum absolute atomic E-state index is 0.241. The Morgan fingerprint density at radius 1 is 1.27 bits per heavy atom. The largest absolute Gasteiger partial charge is 0.480 e. The van der Waals surface area contributed by atoms with Crippen LogP contribution in [0.15, 0.2) is 48.5 Å². The molecule has 9 heteroatoms. The highest BCUT2D eigenvalue weighted by atomic mass is 32.1. The van der Waals surface area contributed by atoms with E-state index in [4.69, 9.17) is 17.0 Å². The van der Waals surface area contributed by atoms with Gasteiger partial charge in [0.1, 0.15) is 5.75 Å². The van der Waals surface area contributed by atoms with Gasteiger partial charge in [-0.05, 0) is 49.0 Å². The first kappa shape index (κ1) is 19.8. The zero-order valence-electron chi connectivity index (χ0n) is 16.3. The lowest BCUT2D eigenvalue weighted by atomic mass is 10.1. The molecule has 2 aromatic carbocycles. The number of fused-ring (bicyclic) bond motifs is 1. The summed E-state index contributed by atoms with van der Waals surface area (Å²) in [6.45, 7) is 2.86. The van der Waals surface area contributed by atoms with Crippen LogP contribution < -0.4 is 15.4 Å². The first-order valence-electron chi connectivity index (χ1n) is 9.63. The molecule has 2 heterocycles. The Hall–Kier alpha value is -3.46. The van der Waals surface area contributed by atoms with E-state index in [1.165, 1.54) is 0 Å². The van der Waals surface area contributed by atoms with Gasteiger partial charge in [0.25, 0.3) is 11.8 Å². The molecule has 0 fully saturated rings. The van der Waals surface area contributed by atoms with Gasteiger partial charge in [-0.3, -0.25) is 14.7 Å². The average Bonchev–Trinajstić information content (AvgIpc) is 3.35. The van der Waals surface area contributed by atoms with Gasteiger partial charge in [-0.25, -0.2) is 0 Å². The number of rotatable bonds is 6. The number of amides is 2. The van der Waals surface area contributed by atoms with Crippen molar-refractivity contribution in [2.24, 2.45) is 0 Å². The van der Waals surface area contributed by atoms with Crippen LogP contribution in [0.1, 0.15) is 28.7 Å². The summed E-state index contributed by atoms with van der Waals surface area (Å²) in [6.07, 6.45) is -0.0645. The van der Waals surface area contributed by atoms with Crippen molar-refractivity contribution in [1.29, 1.82) is 0 Å². The molecule has 8 nitrogen and oxygen atoms in total. The van der Waals surface area contributed by atoms with Crippen LogP contribution in [0.2, 0.25) is 0 Å². The lowest BCUT2D eigenvalue weighted by Gasteiger charge is -2.12. The summed E-state index contributed by atoms with van der Waals surface area (Å²) < 4.78 is 8.05. The second-order valence-corrected chi connectivity index (χ2v) is 7.25. The van der Waals surface area contributed by atoms with Crippen molar-refractivity contribution >= 4 is 29.7 Å². The third kappa shape index (κ3) is 4.11. The van der Waals surface area contributed by atoms with Crippen molar-refractivity contribution in [3.05, 3.63) is 70.3 Å². The molecule has 1 aliphatic heterocycles. The second-order valence-electron chi connectivity index (χ2n) is 6.86. The molecule has 0 bridgehead atoms. The third-order valence-electron chi connectivity index (χ3n) is 4.89. The van der Waals surface area contributed by atoms with Crippen LogP contribution in [-0.2, 0) is 24.3 Å². The van der Waals surface area contributed by atoms with Gasteiger partial charge in [0, 0.05) is 24.2 Å². The summed E-state index contributed by atoms with van der Waals surface area (Å²) in [6, 6.07) is 14.4. The molecule has 1 aromatic heterocycles. The maximum Gasteiger partial charge on any atom is 0.265 e. The highest BCUT2D eigenvalue weighted by molar-refractivity contribution is 7.71. The van der Waals surface area contributed by atoms with Crippen molar-refractivity contribution in [2.75, 3.05) is 5.32 Å². The Morgan fingerprint density at radius 2 is 2.10 bits per heavy atom. The first-order valence-corrected chi connectivity index (χ1v) is 10.0. The van der Waals surface area contributed by atoms with Gasteiger partial charge >= 0.3 is 0 Å². The smallest absolute Gasteiger partial charge is 0.265 e. The predicted octanol–water partition coefficient (Wildman–Crippen LogP) is 2.83. The van der Waals surface area contributed by atoms with Gasteiger partial charge in [0.2, 0.25) is 0 Å². The third-order valence-corrected chi connectivity index (χ3v) is 5.20. The van der Waals surface area contributed by atoms with Crippen molar-refractivity contribution in [2.45, 2.75) is 32.5 Å². The highest BCUT2D eigenvalue weighted by Gasteiger charge is 2.28. The maximum atomic E-state index is 12.6. The summed E-state index contributed by atoms with van der Waals surface area (Å²) in [5.74, 6) is 0.864. The molecule has 3 aromatic rings. The summed E-state index contributed by atoms with van der Waals surface area (Å²) in [7, 11) is 0. The van der Waals surface area contributed by atoms with E-state index in [1.54, 1.807) is 24.3 Å². The molecule has 0 saturated heterocycles. The molecule has 1 aliphatic rings. The Bertz CT molecular complexity index is 1130. The van der Waals surface area contributed by atoms with Crippen LogP contribution >= 0.6 is 12.2 Å². The fourth-order valence-electron chi connectivity index (χ4n) is 3.36. The van der Waals surface area contributed by atoms with E-state index in [0.29, 0.717) is 34.8 Å². The van der Waals surface area contributed by atoms with Crippen LogP contribution in [0.25, 0.3) is 0 Å². The molecule has 3 N–H and O–H groups in total.